The van der Waals surface area contributed by atoms with Gasteiger partial charge in [0.25, 0.3) is 5.91 Å². The second-order valence-corrected chi connectivity index (χ2v) is 8.32. The van der Waals surface area contributed by atoms with Crippen molar-refractivity contribution in [2.75, 3.05) is 5.32 Å². The van der Waals surface area contributed by atoms with Crippen molar-refractivity contribution < 1.29 is 9.59 Å². The maximum absolute atomic E-state index is 12.5. The molecule has 3 rings (SSSR count). The number of amides is 2. The number of anilines is 1. The topological polar surface area (TPSA) is 70.6 Å². The summed E-state index contributed by atoms with van der Waals surface area (Å²) in [5, 5.41) is 7.27. The highest BCUT2D eigenvalue weighted by molar-refractivity contribution is 6.02. The van der Waals surface area contributed by atoms with E-state index in [4.69, 9.17) is 0 Å². The number of carbonyl (C=O) groups is 2. The van der Waals surface area contributed by atoms with Crippen molar-refractivity contribution in [3.63, 3.8) is 0 Å². The van der Waals surface area contributed by atoms with E-state index in [-0.39, 0.29) is 17.7 Å². The first-order chi connectivity index (χ1) is 14.4. The summed E-state index contributed by atoms with van der Waals surface area (Å²) in [6.45, 7) is 6.08. The monoisotopic (exact) mass is 405 g/mol. The minimum absolute atomic E-state index is 0.0968. The van der Waals surface area contributed by atoms with Crippen LogP contribution in [-0.4, -0.2) is 17.5 Å². The molecule has 0 saturated heterocycles. The zero-order valence-electron chi connectivity index (χ0n) is 18.1. The summed E-state index contributed by atoms with van der Waals surface area (Å²) in [4.78, 5) is 24.9. The van der Waals surface area contributed by atoms with Gasteiger partial charge in [0.1, 0.15) is 0 Å². The van der Waals surface area contributed by atoms with E-state index < -0.39 is 0 Å². The van der Waals surface area contributed by atoms with Crippen molar-refractivity contribution in [2.24, 2.45) is 11.0 Å². The van der Waals surface area contributed by atoms with Gasteiger partial charge < -0.3 is 5.32 Å². The zero-order chi connectivity index (χ0) is 21.5. The highest BCUT2D eigenvalue weighted by Gasteiger charge is 2.21. The number of nitrogens with zero attached hydrogens (tertiary/aromatic N) is 1. The molecule has 0 heterocycles. The number of rotatable bonds is 6. The highest BCUT2D eigenvalue weighted by Crippen LogP contribution is 2.25. The molecule has 158 valence electrons. The van der Waals surface area contributed by atoms with E-state index in [1.54, 1.807) is 0 Å². The Morgan fingerprint density at radius 3 is 2.33 bits per heavy atom. The lowest BCUT2D eigenvalue weighted by Crippen LogP contribution is -2.24. The van der Waals surface area contributed by atoms with Crippen LogP contribution in [0.4, 0.5) is 5.69 Å². The summed E-state index contributed by atoms with van der Waals surface area (Å²) in [5.74, 6) is 0.387. The summed E-state index contributed by atoms with van der Waals surface area (Å²) >= 11 is 0. The van der Waals surface area contributed by atoms with Gasteiger partial charge in [0.05, 0.1) is 5.71 Å². The summed E-state index contributed by atoms with van der Waals surface area (Å²) in [6, 6.07) is 15.1. The molecule has 5 nitrogen and oxygen atoms in total. The number of carbonyl (C=O) groups excluding carboxylic acids is 2. The lowest BCUT2D eigenvalue weighted by atomic mass is 9.88. The molecule has 0 bridgehead atoms. The largest absolute Gasteiger partial charge is 0.326 e. The molecule has 0 radical (unpaired) electrons. The van der Waals surface area contributed by atoms with Crippen molar-refractivity contribution in [2.45, 2.75) is 58.8 Å². The average Bonchev–Trinajstić information content (AvgIpc) is 2.78. The number of hydrogen-bond acceptors (Lipinski definition) is 3. The standard InChI is InChI=1S/C25H31N3O2/c1-17(2)19-12-14-21(15-13-19)25(30)28-27-18(3)22-10-7-11-23(16-22)26-24(29)20-8-5-4-6-9-20/h7,10-17,20H,4-6,8-9H2,1-3H3,(H,26,29)(H,28,30)/b27-18-. The molecule has 2 amide bonds. The fourth-order valence-electron chi connectivity index (χ4n) is 3.71. The first-order valence-corrected chi connectivity index (χ1v) is 10.8. The maximum atomic E-state index is 12.5. The van der Waals surface area contributed by atoms with Crippen LogP contribution in [0, 0.1) is 5.92 Å². The first kappa shape index (κ1) is 21.8. The molecule has 2 aromatic carbocycles. The Morgan fingerprint density at radius 2 is 1.67 bits per heavy atom. The molecule has 2 aromatic rings. The van der Waals surface area contributed by atoms with Crippen LogP contribution < -0.4 is 10.7 Å². The number of hydrogen-bond donors (Lipinski definition) is 2. The summed E-state index contributed by atoms with van der Waals surface area (Å²) in [5.41, 5.74) is 6.67. The Bertz CT molecular complexity index is 910. The van der Waals surface area contributed by atoms with Crippen molar-refractivity contribution in [1.82, 2.24) is 5.43 Å². The van der Waals surface area contributed by atoms with Gasteiger partial charge in [-0.2, -0.15) is 5.10 Å². The molecule has 1 aliphatic rings. The molecular weight excluding hydrogens is 374 g/mol. The van der Waals surface area contributed by atoms with E-state index in [0.717, 1.165) is 36.9 Å². The van der Waals surface area contributed by atoms with E-state index in [1.807, 2.05) is 55.5 Å². The maximum Gasteiger partial charge on any atom is 0.271 e. The van der Waals surface area contributed by atoms with Crippen LogP contribution in [0.2, 0.25) is 0 Å². The second kappa shape index (κ2) is 10.2. The van der Waals surface area contributed by atoms with Crippen molar-refractivity contribution >= 4 is 23.2 Å². The zero-order valence-corrected chi connectivity index (χ0v) is 18.1. The van der Waals surface area contributed by atoms with Crippen LogP contribution >= 0.6 is 0 Å². The molecule has 1 aliphatic carbocycles. The van der Waals surface area contributed by atoms with Crippen molar-refractivity contribution in [1.29, 1.82) is 0 Å². The quantitative estimate of drug-likeness (QED) is 0.493. The normalized spacial score (nSPS) is 15.1. The van der Waals surface area contributed by atoms with Crippen LogP contribution in [0.25, 0.3) is 0 Å². The number of hydrazone groups is 1. The smallest absolute Gasteiger partial charge is 0.271 e. The van der Waals surface area contributed by atoms with Gasteiger partial charge in [-0.15, -0.1) is 0 Å². The fourth-order valence-corrected chi connectivity index (χ4v) is 3.71. The van der Waals surface area contributed by atoms with E-state index in [2.05, 4.69) is 29.7 Å². The third kappa shape index (κ3) is 5.78. The first-order valence-electron chi connectivity index (χ1n) is 10.8. The van der Waals surface area contributed by atoms with Gasteiger partial charge in [0, 0.05) is 17.2 Å². The van der Waals surface area contributed by atoms with Crippen molar-refractivity contribution in [3.05, 3.63) is 65.2 Å². The molecule has 0 aromatic heterocycles. The molecule has 0 spiro atoms. The van der Waals surface area contributed by atoms with Crippen LogP contribution in [0.3, 0.4) is 0 Å². The van der Waals surface area contributed by atoms with Gasteiger partial charge >= 0.3 is 0 Å². The summed E-state index contributed by atoms with van der Waals surface area (Å²) in [7, 11) is 0. The van der Waals surface area contributed by atoms with Gasteiger partial charge in [0.2, 0.25) is 5.91 Å². The Kier molecular flexibility index (Phi) is 7.39. The predicted molar refractivity (Wildman–Crippen MR) is 122 cm³/mol. The SMILES string of the molecule is C/C(=N/NC(=O)c1ccc(C(C)C)cc1)c1cccc(NC(=O)C2CCCCC2)c1. The Balaban J connectivity index is 1.62. The third-order valence-electron chi connectivity index (χ3n) is 5.69. The summed E-state index contributed by atoms with van der Waals surface area (Å²) < 4.78 is 0. The lowest BCUT2D eigenvalue weighted by molar-refractivity contribution is -0.120. The minimum Gasteiger partial charge on any atom is -0.326 e. The van der Waals surface area contributed by atoms with Gasteiger partial charge in [-0.1, -0.05) is 57.4 Å². The van der Waals surface area contributed by atoms with Crippen LogP contribution in [0.5, 0.6) is 0 Å². The minimum atomic E-state index is -0.244. The highest BCUT2D eigenvalue weighted by atomic mass is 16.2. The number of nitrogens with one attached hydrogen (secondary N) is 2. The van der Waals surface area contributed by atoms with E-state index >= 15 is 0 Å². The van der Waals surface area contributed by atoms with Gasteiger partial charge in [0.15, 0.2) is 0 Å². The number of benzene rings is 2. The van der Waals surface area contributed by atoms with Crippen LogP contribution in [0.1, 0.15) is 80.3 Å². The Labute approximate surface area is 179 Å². The third-order valence-corrected chi connectivity index (χ3v) is 5.69. The molecule has 0 atom stereocenters. The summed E-state index contributed by atoms with van der Waals surface area (Å²) in [6.07, 6.45) is 5.42. The Morgan fingerprint density at radius 1 is 0.967 bits per heavy atom. The van der Waals surface area contributed by atoms with Crippen molar-refractivity contribution in [3.8, 4) is 0 Å². The lowest BCUT2D eigenvalue weighted by Gasteiger charge is -2.20. The van der Waals surface area contributed by atoms with Crippen LogP contribution in [0.15, 0.2) is 53.6 Å². The Hall–Kier alpha value is -2.95. The molecule has 30 heavy (non-hydrogen) atoms. The van der Waals surface area contributed by atoms with Gasteiger partial charge in [-0.25, -0.2) is 5.43 Å². The van der Waals surface area contributed by atoms with Gasteiger partial charge in [-0.3, -0.25) is 9.59 Å². The molecule has 0 unspecified atom stereocenters. The second-order valence-electron chi connectivity index (χ2n) is 8.32. The molecule has 0 aliphatic heterocycles. The molecule has 1 saturated carbocycles. The molecule has 1 fully saturated rings. The van der Waals surface area contributed by atoms with Gasteiger partial charge in [-0.05, 0) is 61.1 Å². The molecule has 5 heteroatoms. The average molecular weight is 406 g/mol. The van der Waals surface area contributed by atoms with E-state index in [1.165, 1.54) is 12.0 Å². The predicted octanol–water partition coefficient (Wildman–Crippen LogP) is 5.48. The molecular formula is C25H31N3O2. The molecule has 2 N–H and O–H groups in total. The fraction of sp³-hybridized carbons (Fsp3) is 0.400. The van der Waals surface area contributed by atoms with Crippen LogP contribution in [-0.2, 0) is 4.79 Å². The van der Waals surface area contributed by atoms with E-state index in [9.17, 15) is 9.59 Å². The van der Waals surface area contributed by atoms with E-state index in [0.29, 0.717) is 17.2 Å².